The Labute approximate surface area is 213 Å². The SMILES string of the molecule is CCCCc1c(C(=O)Nc2cc(Cl)ccc2OC)sc2nc(-c3ccc(OC)c(OC)c3)ccc12. The lowest BCUT2D eigenvalue weighted by Crippen LogP contribution is -2.13. The summed E-state index contributed by atoms with van der Waals surface area (Å²) in [4.78, 5) is 19.8. The van der Waals surface area contributed by atoms with Gasteiger partial charge < -0.3 is 19.5 Å². The van der Waals surface area contributed by atoms with E-state index in [0.717, 1.165) is 46.3 Å². The van der Waals surface area contributed by atoms with E-state index in [1.807, 2.05) is 30.3 Å². The number of halogens is 1. The highest BCUT2D eigenvalue weighted by Crippen LogP contribution is 2.37. The summed E-state index contributed by atoms with van der Waals surface area (Å²) >= 11 is 7.55. The van der Waals surface area contributed by atoms with Crippen molar-refractivity contribution < 1.29 is 19.0 Å². The Morgan fingerprint density at radius 2 is 1.71 bits per heavy atom. The van der Waals surface area contributed by atoms with Gasteiger partial charge in [0.2, 0.25) is 0 Å². The van der Waals surface area contributed by atoms with E-state index in [-0.39, 0.29) is 5.91 Å². The van der Waals surface area contributed by atoms with E-state index in [9.17, 15) is 4.79 Å². The third-order valence-electron chi connectivity index (χ3n) is 5.73. The number of aryl methyl sites for hydroxylation is 1. The minimum absolute atomic E-state index is 0.202. The Bertz CT molecular complexity index is 1370. The van der Waals surface area contributed by atoms with Gasteiger partial charge in [0.25, 0.3) is 5.91 Å². The average molecular weight is 511 g/mol. The van der Waals surface area contributed by atoms with Crippen molar-refractivity contribution in [2.24, 2.45) is 0 Å². The number of carbonyl (C=O) groups is 1. The molecule has 35 heavy (non-hydrogen) atoms. The highest BCUT2D eigenvalue weighted by Gasteiger charge is 2.21. The Kier molecular flexibility index (Phi) is 7.78. The number of nitrogens with zero attached hydrogens (tertiary/aromatic N) is 1. The molecule has 6 nitrogen and oxygen atoms in total. The Hall–Kier alpha value is -3.29. The molecule has 0 unspecified atom stereocenters. The topological polar surface area (TPSA) is 69.7 Å². The van der Waals surface area contributed by atoms with Gasteiger partial charge in [-0.1, -0.05) is 24.9 Å². The number of unbranched alkanes of at least 4 members (excludes halogenated alkanes) is 1. The fourth-order valence-electron chi connectivity index (χ4n) is 3.93. The van der Waals surface area contributed by atoms with Gasteiger partial charge in [-0.15, -0.1) is 11.3 Å². The van der Waals surface area contributed by atoms with Crippen LogP contribution < -0.4 is 19.5 Å². The van der Waals surface area contributed by atoms with E-state index in [1.165, 1.54) is 11.3 Å². The number of aromatic nitrogens is 1. The number of hydrogen-bond donors (Lipinski definition) is 1. The lowest BCUT2D eigenvalue weighted by molar-refractivity contribution is 0.102. The van der Waals surface area contributed by atoms with E-state index in [1.54, 1.807) is 39.5 Å². The molecule has 2 heterocycles. The maximum absolute atomic E-state index is 13.4. The molecule has 4 rings (SSSR count). The molecule has 2 aromatic heterocycles. The molecule has 2 aromatic carbocycles. The van der Waals surface area contributed by atoms with E-state index in [2.05, 4.69) is 12.2 Å². The Morgan fingerprint density at radius 3 is 2.43 bits per heavy atom. The van der Waals surface area contributed by atoms with E-state index in [0.29, 0.717) is 32.8 Å². The van der Waals surface area contributed by atoms with Gasteiger partial charge in [0.05, 0.1) is 37.6 Å². The molecule has 1 N–H and O–H groups in total. The summed E-state index contributed by atoms with van der Waals surface area (Å²) in [6.07, 6.45) is 2.80. The van der Waals surface area contributed by atoms with Crippen LogP contribution in [0.5, 0.6) is 17.2 Å². The molecule has 4 aromatic rings. The van der Waals surface area contributed by atoms with Crippen LogP contribution >= 0.6 is 22.9 Å². The fourth-order valence-corrected chi connectivity index (χ4v) is 5.22. The second kappa shape index (κ2) is 11.0. The summed E-state index contributed by atoms with van der Waals surface area (Å²) in [5.74, 6) is 1.64. The molecule has 0 aliphatic rings. The number of hydrogen-bond acceptors (Lipinski definition) is 6. The lowest BCUT2D eigenvalue weighted by Gasteiger charge is -2.11. The molecule has 0 radical (unpaired) electrons. The van der Waals surface area contributed by atoms with Crippen molar-refractivity contribution >= 4 is 44.7 Å². The molecule has 0 saturated heterocycles. The maximum Gasteiger partial charge on any atom is 0.266 e. The summed E-state index contributed by atoms with van der Waals surface area (Å²) in [5, 5.41) is 4.49. The zero-order valence-corrected chi connectivity index (χ0v) is 21.7. The number of benzene rings is 2. The van der Waals surface area contributed by atoms with E-state index in [4.69, 9.17) is 30.8 Å². The Morgan fingerprint density at radius 1 is 0.971 bits per heavy atom. The number of anilines is 1. The van der Waals surface area contributed by atoms with Crippen molar-refractivity contribution in [2.45, 2.75) is 26.2 Å². The van der Waals surface area contributed by atoms with Gasteiger partial charge in [-0.25, -0.2) is 4.98 Å². The van der Waals surface area contributed by atoms with Gasteiger partial charge in [0.15, 0.2) is 11.5 Å². The van der Waals surface area contributed by atoms with Crippen molar-refractivity contribution in [3.05, 3.63) is 64.0 Å². The molecule has 0 bridgehead atoms. The number of carbonyl (C=O) groups excluding carboxylic acids is 1. The second-order valence-electron chi connectivity index (χ2n) is 7.93. The van der Waals surface area contributed by atoms with Gasteiger partial charge in [0, 0.05) is 16.0 Å². The number of pyridine rings is 1. The standard InChI is InChI=1S/C27H27ClN2O4S/c1-5-6-7-18-19-10-11-20(16-8-12-23(33-3)24(14-16)34-4)30-27(19)35-25(18)26(31)29-21-15-17(28)9-13-22(21)32-2/h8-15H,5-7H2,1-4H3,(H,29,31). The van der Waals surface area contributed by atoms with Crippen LogP contribution in [0.25, 0.3) is 21.5 Å². The first-order valence-corrected chi connectivity index (χ1v) is 12.5. The number of methoxy groups -OCH3 is 3. The molecule has 0 atom stereocenters. The van der Waals surface area contributed by atoms with Gasteiger partial charge in [-0.05, 0) is 66.9 Å². The van der Waals surface area contributed by atoms with Crippen molar-refractivity contribution in [1.82, 2.24) is 4.98 Å². The molecule has 0 spiro atoms. The van der Waals surface area contributed by atoms with Crippen LogP contribution in [0.15, 0.2) is 48.5 Å². The smallest absolute Gasteiger partial charge is 0.266 e. The van der Waals surface area contributed by atoms with Crippen molar-refractivity contribution in [3.8, 4) is 28.5 Å². The molecule has 0 saturated carbocycles. The van der Waals surface area contributed by atoms with Crippen LogP contribution in [0.4, 0.5) is 5.69 Å². The predicted octanol–water partition coefficient (Wildman–Crippen LogP) is 7.24. The highest BCUT2D eigenvalue weighted by molar-refractivity contribution is 7.20. The average Bonchev–Trinajstić information content (AvgIpc) is 3.25. The van der Waals surface area contributed by atoms with E-state index >= 15 is 0 Å². The third kappa shape index (κ3) is 5.21. The molecule has 0 aliphatic carbocycles. The number of amides is 1. The zero-order chi connectivity index (χ0) is 24.9. The monoisotopic (exact) mass is 510 g/mol. The van der Waals surface area contributed by atoms with Crippen LogP contribution in [0.1, 0.15) is 35.0 Å². The highest BCUT2D eigenvalue weighted by atomic mass is 35.5. The van der Waals surface area contributed by atoms with Crippen molar-refractivity contribution in [3.63, 3.8) is 0 Å². The molecular weight excluding hydrogens is 484 g/mol. The summed E-state index contributed by atoms with van der Waals surface area (Å²) in [6.45, 7) is 2.14. The molecule has 8 heteroatoms. The second-order valence-corrected chi connectivity index (χ2v) is 9.37. The van der Waals surface area contributed by atoms with Crippen LogP contribution in [-0.4, -0.2) is 32.2 Å². The largest absolute Gasteiger partial charge is 0.495 e. The zero-order valence-electron chi connectivity index (χ0n) is 20.1. The molecule has 0 fully saturated rings. The summed E-state index contributed by atoms with van der Waals surface area (Å²) in [7, 11) is 4.78. The minimum atomic E-state index is -0.202. The van der Waals surface area contributed by atoms with Crippen LogP contribution in [0, 0.1) is 0 Å². The quantitative estimate of drug-likeness (QED) is 0.257. The minimum Gasteiger partial charge on any atom is -0.495 e. The first kappa shape index (κ1) is 24.8. The first-order valence-electron chi connectivity index (χ1n) is 11.3. The number of fused-ring (bicyclic) bond motifs is 1. The summed E-state index contributed by atoms with van der Waals surface area (Å²) < 4.78 is 16.2. The fraction of sp³-hybridized carbons (Fsp3) is 0.259. The molecule has 1 amide bonds. The van der Waals surface area contributed by atoms with Crippen LogP contribution in [-0.2, 0) is 6.42 Å². The number of rotatable bonds is 9. The first-order chi connectivity index (χ1) is 17.0. The molecular formula is C27H27ClN2O4S. The predicted molar refractivity (Wildman–Crippen MR) is 143 cm³/mol. The molecule has 0 aliphatic heterocycles. The van der Waals surface area contributed by atoms with Gasteiger partial charge in [0.1, 0.15) is 10.6 Å². The van der Waals surface area contributed by atoms with Crippen LogP contribution in [0.2, 0.25) is 5.02 Å². The van der Waals surface area contributed by atoms with Gasteiger partial charge >= 0.3 is 0 Å². The maximum atomic E-state index is 13.4. The summed E-state index contributed by atoms with van der Waals surface area (Å²) in [5.41, 5.74) is 3.24. The van der Waals surface area contributed by atoms with E-state index < -0.39 is 0 Å². The number of ether oxygens (including phenoxy) is 3. The van der Waals surface area contributed by atoms with Crippen LogP contribution in [0.3, 0.4) is 0 Å². The van der Waals surface area contributed by atoms with Gasteiger partial charge in [-0.3, -0.25) is 4.79 Å². The normalized spacial score (nSPS) is 10.9. The Balaban J connectivity index is 1.75. The number of nitrogens with one attached hydrogen (secondary N) is 1. The summed E-state index contributed by atoms with van der Waals surface area (Å²) in [6, 6.07) is 14.9. The number of thiophene rings is 1. The molecule has 182 valence electrons. The van der Waals surface area contributed by atoms with Gasteiger partial charge in [-0.2, -0.15) is 0 Å². The van der Waals surface area contributed by atoms with Crippen molar-refractivity contribution in [1.29, 1.82) is 0 Å². The van der Waals surface area contributed by atoms with Crippen molar-refractivity contribution in [2.75, 3.05) is 26.6 Å². The lowest BCUT2D eigenvalue weighted by atomic mass is 10.0. The third-order valence-corrected chi connectivity index (χ3v) is 7.11.